The fourth-order valence-corrected chi connectivity index (χ4v) is 3.60. The Labute approximate surface area is 168 Å². The molecule has 0 heterocycles. The highest BCUT2D eigenvalue weighted by molar-refractivity contribution is 7.92. The van der Waals surface area contributed by atoms with Crippen LogP contribution in [0.4, 0.5) is 10.1 Å². The Kier molecular flexibility index (Phi) is 6.13. The van der Waals surface area contributed by atoms with Crippen molar-refractivity contribution < 1.29 is 22.3 Å². The lowest BCUT2D eigenvalue weighted by Crippen LogP contribution is -2.23. The molecule has 0 fully saturated rings. The molecule has 8 heteroatoms. The van der Waals surface area contributed by atoms with Gasteiger partial charge in [-0.15, -0.1) is 0 Å². The summed E-state index contributed by atoms with van der Waals surface area (Å²) < 4.78 is 45.2. The van der Waals surface area contributed by atoms with Crippen LogP contribution in [0.2, 0.25) is 0 Å². The molecule has 0 saturated heterocycles. The maximum absolute atomic E-state index is 12.9. The van der Waals surface area contributed by atoms with Crippen molar-refractivity contribution in [2.45, 2.75) is 11.4 Å². The molecular weight excluding hydrogens is 395 g/mol. The number of nitrogens with one attached hydrogen (secondary N) is 2. The molecule has 3 aromatic carbocycles. The first-order valence-electron chi connectivity index (χ1n) is 8.67. The number of hydrogen-bond donors (Lipinski definition) is 2. The van der Waals surface area contributed by atoms with E-state index >= 15 is 0 Å². The molecule has 2 N–H and O–H groups in total. The van der Waals surface area contributed by atoms with Gasteiger partial charge in [0.15, 0.2) is 0 Å². The predicted molar refractivity (Wildman–Crippen MR) is 108 cm³/mol. The van der Waals surface area contributed by atoms with E-state index in [-0.39, 0.29) is 16.5 Å². The van der Waals surface area contributed by atoms with E-state index in [1.807, 2.05) is 12.1 Å². The number of amides is 1. The number of carbonyl (C=O) groups excluding carboxylic acids is 1. The van der Waals surface area contributed by atoms with E-state index in [4.69, 9.17) is 4.74 Å². The summed E-state index contributed by atoms with van der Waals surface area (Å²) in [6.07, 6.45) is 0. The molecule has 1 amide bonds. The van der Waals surface area contributed by atoms with Gasteiger partial charge in [-0.2, -0.15) is 0 Å². The number of carbonyl (C=O) groups is 1. The second-order valence-electron chi connectivity index (χ2n) is 6.17. The summed E-state index contributed by atoms with van der Waals surface area (Å²) in [6.45, 7) is 0.328. The Morgan fingerprint density at radius 1 is 0.931 bits per heavy atom. The Balaban J connectivity index is 1.63. The minimum absolute atomic E-state index is 0.00599. The number of ether oxygens (including phenoxy) is 1. The van der Waals surface area contributed by atoms with Gasteiger partial charge in [0.05, 0.1) is 12.0 Å². The van der Waals surface area contributed by atoms with Crippen LogP contribution < -0.4 is 14.8 Å². The zero-order valence-corrected chi connectivity index (χ0v) is 16.4. The number of methoxy groups -OCH3 is 1. The lowest BCUT2D eigenvalue weighted by atomic mass is 10.2. The SMILES string of the molecule is COc1ccc(CNC(=O)c2ccc(S(=O)(=O)Nc3ccc(F)cc3)cc2)cc1. The molecule has 0 spiro atoms. The molecule has 0 unspecified atom stereocenters. The predicted octanol–water partition coefficient (Wildman–Crippen LogP) is 3.57. The van der Waals surface area contributed by atoms with Gasteiger partial charge in [0.1, 0.15) is 11.6 Å². The summed E-state index contributed by atoms with van der Waals surface area (Å²) in [6, 6.07) is 17.8. The van der Waals surface area contributed by atoms with E-state index in [9.17, 15) is 17.6 Å². The molecule has 0 saturated carbocycles. The number of hydrogen-bond acceptors (Lipinski definition) is 4. The summed E-state index contributed by atoms with van der Waals surface area (Å²) in [5, 5.41) is 2.78. The second kappa shape index (κ2) is 8.74. The number of halogens is 1. The van der Waals surface area contributed by atoms with Crippen LogP contribution in [0.15, 0.2) is 77.7 Å². The van der Waals surface area contributed by atoms with Gasteiger partial charge in [0.25, 0.3) is 15.9 Å². The van der Waals surface area contributed by atoms with Crippen molar-refractivity contribution in [3.8, 4) is 5.75 Å². The normalized spacial score (nSPS) is 11.0. The van der Waals surface area contributed by atoms with Gasteiger partial charge < -0.3 is 10.1 Å². The van der Waals surface area contributed by atoms with Gasteiger partial charge >= 0.3 is 0 Å². The fourth-order valence-electron chi connectivity index (χ4n) is 2.55. The monoisotopic (exact) mass is 414 g/mol. The highest BCUT2D eigenvalue weighted by Gasteiger charge is 2.15. The molecule has 0 aliphatic rings. The van der Waals surface area contributed by atoms with Crippen molar-refractivity contribution in [3.63, 3.8) is 0 Å². The minimum Gasteiger partial charge on any atom is -0.497 e. The summed E-state index contributed by atoms with van der Waals surface area (Å²) in [5.41, 5.74) is 1.48. The van der Waals surface area contributed by atoms with Gasteiger partial charge in [0, 0.05) is 17.8 Å². The number of sulfonamides is 1. The molecule has 0 atom stereocenters. The van der Waals surface area contributed by atoms with Crippen molar-refractivity contribution in [3.05, 3.63) is 89.7 Å². The average Bonchev–Trinajstić information content (AvgIpc) is 2.74. The largest absolute Gasteiger partial charge is 0.497 e. The fraction of sp³-hybridized carbons (Fsp3) is 0.0952. The molecular formula is C21H19FN2O4S. The van der Waals surface area contributed by atoms with E-state index in [2.05, 4.69) is 10.0 Å². The molecule has 0 bridgehead atoms. The molecule has 29 heavy (non-hydrogen) atoms. The third kappa shape index (κ3) is 5.32. The van der Waals surface area contributed by atoms with Crippen LogP contribution >= 0.6 is 0 Å². The minimum atomic E-state index is -3.85. The maximum Gasteiger partial charge on any atom is 0.261 e. The van der Waals surface area contributed by atoms with Crippen molar-refractivity contribution in [1.82, 2.24) is 5.32 Å². The van der Waals surface area contributed by atoms with Gasteiger partial charge in [-0.1, -0.05) is 12.1 Å². The lowest BCUT2D eigenvalue weighted by molar-refractivity contribution is 0.0951. The summed E-state index contributed by atoms with van der Waals surface area (Å²) in [4.78, 5) is 12.3. The van der Waals surface area contributed by atoms with E-state index < -0.39 is 15.8 Å². The zero-order chi connectivity index (χ0) is 20.9. The molecule has 3 rings (SSSR count). The van der Waals surface area contributed by atoms with E-state index in [0.29, 0.717) is 12.1 Å². The molecule has 150 valence electrons. The van der Waals surface area contributed by atoms with Crippen LogP contribution in [0.5, 0.6) is 5.75 Å². The number of anilines is 1. The smallest absolute Gasteiger partial charge is 0.261 e. The van der Waals surface area contributed by atoms with Gasteiger partial charge in [-0.05, 0) is 66.2 Å². The van der Waals surface area contributed by atoms with Gasteiger partial charge in [0.2, 0.25) is 0 Å². The van der Waals surface area contributed by atoms with Crippen LogP contribution in [0, 0.1) is 5.82 Å². The van der Waals surface area contributed by atoms with E-state index in [1.165, 1.54) is 36.4 Å². The van der Waals surface area contributed by atoms with Crippen molar-refractivity contribution >= 4 is 21.6 Å². The highest BCUT2D eigenvalue weighted by atomic mass is 32.2. The number of rotatable bonds is 7. The summed E-state index contributed by atoms with van der Waals surface area (Å²) >= 11 is 0. The van der Waals surface area contributed by atoms with Gasteiger partial charge in [-0.25, -0.2) is 12.8 Å². The Morgan fingerprint density at radius 3 is 2.14 bits per heavy atom. The molecule has 3 aromatic rings. The quantitative estimate of drug-likeness (QED) is 0.619. The summed E-state index contributed by atoms with van der Waals surface area (Å²) in [5.74, 6) is -0.0552. The van der Waals surface area contributed by atoms with Crippen LogP contribution in [0.3, 0.4) is 0 Å². The van der Waals surface area contributed by atoms with Crippen molar-refractivity contribution in [2.75, 3.05) is 11.8 Å². The third-order valence-electron chi connectivity index (χ3n) is 4.14. The molecule has 0 aliphatic carbocycles. The molecule has 6 nitrogen and oxygen atoms in total. The van der Waals surface area contributed by atoms with Crippen molar-refractivity contribution in [1.29, 1.82) is 0 Å². The second-order valence-corrected chi connectivity index (χ2v) is 7.85. The first-order valence-corrected chi connectivity index (χ1v) is 10.2. The Morgan fingerprint density at radius 2 is 1.55 bits per heavy atom. The molecule has 0 aromatic heterocycles. The van der Waals surface area contributed by atoms with Crippen LogP contribution in [0.1, 0.15) is 15.9 Å². The van der Waals surface area contributed by atoms with E-state index in [1.54, 1.807) is 19.2 Å². The molecule has 0 radical (unpaired) electrons. The Bertz CT molecular complexity index is 1080. The molecule has 0 aliphatic heterocycles. The van der Waals surface area contributed by atoms with Crippen molar-refractivity contribution in [2.24, 2.45) is 0 Å². The maximum atomic E-state index is 12.9. The van der Waals surface area contributed by atoms with Gasteiger partial charge in [-0.3, -0.25) is 9.52 Å². The first kappa shape index (κ1) is 20.3. The first-order chi connectivity index (χ1) is 13.9. The van der Waals surface area contributed by atoms with E-state index in [0.717, 1.165) is 23.4 Å². The zero-order valence-electron chi connectivity index (χ0n) is 15.6. The standard InChI is InChI=1S/C21H19FN2O4S/c1-28-19-10-2-15(3-11-19)14-23-21(25)16-4-12-20(13-5-16)29(26,27)24-18-8-6-17(22)7-9-18/h2-13,24H,14H2,1H3,(H,23,25). The average molecular weight is 414 g/mol. The number of benzene rings is 3. The van der Waals surface area contributed by atoms with Crippen LogP contribution in [-0.4, -0.2) is 21.4 Å². The van der Waals surface area contributed by atoms with Crippen LogP contribution in [-0.2, 0) is 16.6 Å². The topological polar surface area (TPSA) is 84.5 Å². The third-order valence-corrected chi connectivity index (χ3v) is 5.53. The summed E-state index contributed by atoms with van der Waals surface area (Å²) in [7, 11) is -2.27. The lowest BCUT2D eigenvalue weighted by Gasteiger charge is -2.09. The highest BCUT2D eigenvalue weighted by Crippen LogP contribution is 2.17. The van der Waals surface area contributed by atoms with Crippen LogP contribution in [0.25, 0.3) is 0 Å². The Hall–Kier alpha value is -3.39.